The molecule has 4 rings (SSSR count). The number of anilines is 1. The lowest BCUT2D eigenvalue weighted by Gasteiger charge is -2.10. The van der Waals surface area contributed by atoms with E-state index in [0.717, 1.165) is 20.8 Å². The Morgan fingerprint density at radius 1 is 1.13 bits per heavy atom. The molecule has 1 aromatic heterocycles. The van der Waals surface area contributed by atoms with Gasteiger partial charge in [0.05, 0.1) is 25.8 Å². The topological polar surface area (TPSA) is 94.4 Å². The number of para-hydroxylation sites is 1. The first kappa shape index (κ1) is 19.8. The van der Waals surface area contributed by atoms with Gasteiger partial charge in [0, 0.05) is 17.7 Å². The van der Waals surface area contributed by atoms with Gasteiger partial charge >= 0.3 is 0 Å². The number of hydrogen-bond donors (Lipinski definition) is 1. The van der Waals surface area contributed by atoms with Crippen molar-refractivity contribution in [3.63, 3.8) is 0 Å². The molecule has 150 valence electrons. The second-order valence-electron chi connectivity index (χ2n) is 6.27. The summed E-state index contributed by atoms with van der Waals surface area (Å²) >= 11 is 7.79. The van der Waals surface area contributed by atoms with E-state index in [0.29, 0.717) is 16.5 Å². The van der Waals surface area contributed by atoms with Crippen LogP contribution in [0.4, 0.5) is 11.4 Å². The SMILES string of the molecule is O=C(COc1ccc([N+](=O)[O-])cc1)Nc1cc(-c2nc3ccccc3s2)ccc1Cl. The van der Waals surface area contributed by atoms with Crippen LogP contribution in [0.2, 0.25) is 5.02 Å². The van der Waals surface area contributed by atoms with Crippen LogP contribution >= 0.6 is 22.9 Å². The number of carbonyl (C=O) groups is 1. The monoisotopic (exact) mass is 439 g/mol. The summed E-state index contributed by atoms with van der Waals surface area (Å²) in [6, 6.07) is 18.7. The number of rotatable bonds is 6. The number of carbonyl (C=O) groups excluding carboxylic acids is 1. The normalized spacial score (nSPS) is 10.7. The first-order valence-electron chi connectivity index (χ1n) is 8.82. The molecule has 1 heterocycles. The second-order valence-corrected chi connectivity index (χ2v) is 7.71. The number of nitrogens with zero attached hydrogens (tertiary/aromatic N) is 2. The first-order valence-corrected chi connectivity index (χ1v) is 10.0. The summed E-state index contributed by atoms with van der Waals surface area (Å²) in [4.78, 5) is 27.1. The molecule has 0 fully saturated rings. The zero-order valence-corrected chi connectivity index (χ0v) is 16.9. The van der Waals surface area contributed by atoms with Gasteiger partial charge in [0.25, 0.3) is 11.6 Å². The van der Waals surface area contributed by atoms with Crippen molar-refractivity contribution in [2.24, 2.45) is 0 Å². The van der Waals surface area contributed by atoms with Crippen LogP contribution in [-0.2, 0) is 4.79 Å². The molecule has 1 amide bonds. The minimum atomic E-state index is -0.503. The number of nitro benzene ring substituents is 1. The van der Waals surface area contributed by atoms with Crippen LogP contribution in [0, 0.1) is 10.1 Å². The van der Waals surface area contributed by atoms with Crippen molar-refractivity contribution in [2.75, 3.05) is 11.9 Å². The standard InChI is InChI=1S/C21H14ClN3O4S/c22-16-10-5-13(21-24-17-3-1-2-4-19(17)30-21)11-18(16)23-20(26)12-29-15-8-6-14(7-9-15)25(27)28/h1-11H,12H2,(H,23,26). The number of hydrogen-bond acceptors (Lipinski definition) is 6. The highest BCUT2D eigenvalue weighted by atomic mass is 35.5. The molecule has 0 unspecified atom stereocenters. The summed E-state index contributed by atoms with van der Waals surface area (Å²) < 4.78 is 6.46. The number of non-ortho nitro benzene ring substituents is 1. The molecule has 0 aliphatic carbocycles. The van der Waals surface area contributed by atoms with Crippen molar-refractivity contribution < 1.29 is 14.5 Å². The molecule has 0 aliphatic heterocycles. The van der Waals surface area contributed by atoms with Gasteiger partial charge < -0.3 is 10.1 Å². The van der Waals surface area contributed by atoms with E-state index in [1.165, 1.54) is 24.3 Å². The largest absolute Gasteiger partial charge is 0.484 e. The van der Waals surface area contributed by atoms with Gasteiger partial charge in [-0.25, -0.2) is 4.98 Å². The van der Waals surface area contributed by atoms with E-state index < -0.39 is 10.8 Å². The number of ether oxygens (including phenoxy) is 1. The van der Waals surface area contributed by atoms with Gasteiger partial charge in [-0.3, -0.25) is 14.9 Å². The Morgan fingerprint density at radius 2 is 1.90 bits per heavy atom. The van der Waals surface area contributed by atoms with E-state index in [1.54, 1.807) is 23.5 Å². The fourth-order valence-corrected chi connectivity index (χ4v) is 3.88. The maximum Gasteiger partial charge on any atom is 0.269 e. The Labute approximate surface area is 180 Å². The Morgan fingerprint density at radius 3 is 2.63 bits per heavy atom. The van der Waals surface area contributed by atoms with Crippen molar-refractivity contribution in [1.29, 1.82) is 0 Å². The number of thiazole rings is 1. The average molecular weight is 440 g/mol. The van der Waals surface area contributed by atoms with E-state index in [9.17, 15) is 14.9 Å². The molecule has 0 spiro atoms. The Hall–Kier alpha value is -3.49. The third kappa shape index (κ3) is 4.40. The number of amides is 1. The van der Waals surface area contributed by atoms with Crippen molar-refractivity contribution in [2.45, 2.75) is 0 Å². The third-order valence-corrected chi connectivity index (χ3v) is 5.61. The molecule has 1 N–H and O–H groups in total. The third-order valence-electron chi connectivity index (χ3n) is 4.20. The van der Waals surface area contributed by atoms with E-state index in [1.807, 2.05) is 30.3 Å². The summed E-state index contributed by atoms with van der Waals surface area (Å²) in [5.74, 6) is -0.0539. The molecule has 0 saturated heterocycles. The highest BCUT2D eigenvalue weighted by molar-refractivity contribution is 7.21. The van der Waals surface area contributed by atoms with Crippen LogP contribution in [0.5, 0.6) is 5.75 Å². The van der Waals surface area contributed by atoms with Gasteiger partial charge in [0.15, 0.2) is 6.61 Å². The maximum atomic E-state index is 12.3. The summed E-state index contributed by atoms with van der Waals surface area (Å²) in [6.07, 6.45) is 0. The van der Waals surface area contributed by atoms with E-state index >= 15 is 0 Å². The van der Waals surface area contributed by atoms with Crippen LogP contribution in [0.25, 0.3) is 20.8 Å². The molecule has 0 aliphatic rings. The molecule has 4 aromatic rings. The molecule has 0 radical (unpaired) electrons. The van der Waals surface area contributed by atoms with Crippen LogP contribution in [0.1, 0.15) is 0 Å². The number of benzene rings is 3. The van der Waals surface area contributed by atoms with Gasteiger partial charge in [-0.05, 0) is 36.4 Å². The van der Waals surface area contributed by atoms with Crippen LogP contribution in [0.3, 0.4) is 0 Å². The van der Waals surface area contributed by atoms with Gasteiger partial charge in [0.1, 0.15) is 10.8 Å². The Kier molecular flexibility index (Phi) is 5.60. The molecule has 3 aromatic carbocycles. The average Bonchev–Trinajstić information content (AvgIpc) is 3.18. The molecule has 0 bridgehead atoms. The summed E-state index contributed by atoms with van der Waals surface area (Å²) in [6.45, 7) is -0.264. The highest BCUT2D eigenvalue weighted by Crippen LogP contribution is 2.33. The predicted octanol–water partition coefficient (Wildman–Crippen LogP) is 5.54. The second kappa shape index (κ2) is 8.48. The Balaban J connectivity index is 1.45. The zero-order chi connectivity index (χ0) is 21.1. The minimum Gasteiger partial charge on any atom is -0.484 e. The maximum absolute atomic E-state index is 12.3. The smallest absolute Gasteiger partial charge is 0.269 e. The lowest BCUT2D eigenvalue weighted by atomic mass is 10.2. The highest BCUT2D eigenvalue weighted by Gasteiger charge is 2.12. The molecule has 0 atom stereocenters. The van der Waals surface area contributed by atoms with Crippen molar-refractivity contribution in [1.82, 2.24) is 4.98 Å². The Bertz CT molecular complexity index is 1210. The summed E-state index contributed by atoms with van der Waals surface area (Å²) in [5, 5.41) is 14.6. The summed E-state index contributed by atoms with van der Waals surface area (Å²) in [5.41, 5.74) is 2.15. The van der Waals surface area contributed by atoms with Crippen LogP contribution in [-0.4, -0.2) is 22.4 Å². The van der Waals surface area contributed by atoms with E-state index in [-0.39, 0.29) is 12.3 Å². The fourth-order valence-electron chi connectivity index (χ4n) is 2.75. The number of halogens is 1. The molecule has 7 nitrogen and oxygen atoms in total. The van der Waals surface area contributed by atoms with Gasteiger partial charge in [-0.1, -0.05) is 29.8 Å². The van der Waals surface area contributed by atoms with Crippen molar-refractivity contribution in [3.05, 3.63) is 81.9 Å². The van der Waals surface area contributed by atoms with Crippen LogP contribution < -0.4 is 10.1 Å². The number of fused-ring (bicyclic) bond motifs is 1. The lowest BCUT2D eigenvalue weighted by Crippen LogP contribution is -2.20. The van der Waals surface area contributed by atoms with E-state index in [4.69, 9.17) is 16.3 Å². The quantitative estimate of drug-likeness (QED) is 0.314. The fraction of sp³-hybridized carbons (Fsp3) is 0.0476. The summed E-state index contributed by atoms with van der Waals surface area (Å²) in [7, 11) is 0. The minimum absolute atomic E-state index is 0.0507. The molecule has 0 saturated carbocycles. The number of nitro groups is 1. The molecule has 9 heteroatoms. The van der Waals surface area contributed by atoms with Gasteiger partial charge in [-0.15, -0.1) is 11.3 Å². The first-order chi connectivity index (χ1) is 14.5. The van der Waals surface area contributed by atoms with Crippen molar-refractivity contribution >= 4 is 50.4 Å². The number of aromatic nitrogens is 1. The predicted molar refractivity (Wildman–Crippen MR) is 117 cm³/mol. The zero-order valence-electron chi connectivity index (χ0n) is 15.4. The number of nitrogens with one attached hydrogen (secondary N) is 1. The molecular formula is C21H14ClN3O4S. The molecular weight excluding hydrogens is 426 g/mol. The van der Waals surface area contributed by atoms with E-state index in [2.05, 4.69) is 10.3 Å². The van der Waals surface area contributed by atoms with Gasteiger partial charge in [-0.2, -0.15) is 0 Å². The van der Waals surface area contributed by atoms with Crippen molar-refractivity contribution in [3.8, 4) is 16.3 Å². The lowest BCUT2D eigenvalue weighted by molar-refractivity contribution is -0.384. The van der Waals surface area contributed by atoms with Gasteiger partial charge in [0.2, 0.25) is 0 Å². The van der Waals surface area contributed by atoms with Crippen LogP contribution in [0.15, 0.2) is 66.7 Å². The molecule has 30 heavy (non-hydrogen) atoms.